The lowest BCUT2D eigenvalue weighted by molar-refractivity contribution is -0.118. The lowest BCUT2D eigenvalue weighted by Gasteiger charge is -2.11. The van der Waals surface area contributed by atoms with Crippen molar-refractivity contribution in [2.75, 3.05) is 17.2 Å². The van der Waals surface area contributed by atoms with Crippen LogP contribution in [0.5, 0.6) is 0 Å². The van der Waals surface area contributed by atoms with Gasteiger partial charge in [-0.15, -0.1) is 0 Å². The predicted octanol–water partition coefficient (Wildman–Crippen LogP) is 2.76. The lowest BCUT2D eigenvalue weighted by atomic mass is 10.1. The topological polar surface area (TPSA) is 41.1 Å². The van der Waals surface area contributed by atoms with Crippen LogP contribution in [0, 0.1) is 12.8 Å². The molecule has 0 fully saturated rings. The van der Waals surface area contributed by atoms with E-state index in [2.05, 4.69) is 26.6 Å². The van der Waals surface area contributed by atoms with Crippen LogP contribution in [0.2, 0.25) is 0 Å². The number of anilines is 2. The fourth-order valence-electron chi connectivity index (χ4n) is 1.65. The van der Waals surface area contributed by atoms with Crippen molar-refractivity contribution < 1.29 is 4.79 Å². The van der Waals surface area contributed by atoms with Gasteiger partial charge in [0.15, 0.2) is 0 Å². The van der Waals surface area contributed by atoms with E-state index in [0.29, 0.717) is 6.54 Å². The third kappa shape index (κ3) is 2.00. The summed E-state index contributed by atoms with van der Waals surface area (Å²) in [7, 11) is 0. The second-order valence-corrected chi connectivity index (χ2v) is 4.83. The SMILES string of the molecule is Cc1cc(Br)cc2c1NC(=O)C(C)CN2. The molecule has 0 saturated carbocycles. The first-order valence-corrected chi connectivity index (χ1v) is 5.72. The van der Waals surface area contributed by atoms with Gasteiger partial charge in [0, 0.05) is 11.0 Å². The van der Waals surface area contributed by atoms with Crippen molar-refractivity contribution in [3.63, 3.8) is 0 Å². The molecule has 0 aromatic heterocycles. The summed E-state index contributed by atoms with van der Waals surface area (Å²) in [6.07, 6.45) is 0. The minimum atomic E-state index is -0.00410. The van der Waals surface area contributed by atoms with Gasteiger partial charge >= 0.3 is 0 Å². The van der Waals surface area contributed by atoms with Crippen molar-refractivity contribution in [2.24, 2.45) is 5.92 Å². The Morgan fingerprint density at radius 1 is 1.47 bits per heavy atom. The molecule has 1 aromatic rings. The van der Waals surface area contributed by atoms with Gasteiger partial charge in [0.2, 0.25) is 5.91 Å². The van der Waals surface area contributed by atoms with Crippen LogP contribution in [0.1, 0.15) is 12.5 Å². The number of fused-ring (bicyclic) bond motifs is 1. The normalized spacial score (nSPS) is 19.9. The maximum atomic E-state index is 11.7. The molecule has 1 atom stereocenters. The lowest BCUT2D eigenvalue weighted by Crippen LogP contribution is -2.22. The molecular formula is C11H13BrN2O. The monoisotopic (exact) mass is 268 g/mol. The number of nitrogens with one attached hydrogen (secondary N) is 2. The summed E-state index contributed by atoms with van der Waals surface area (Å²) < 4.78 is 1.02. The molecule has 0 aliphatic carbocycles. The number of hydrogen-bond acceptors (Lipinski definition) is 2. The zero-order valence-corrected chi connectivity index (χ0v) is 10.3. The summed E-state index contributed by atoms with van der Waals surface area (Å²) in [5.41, 5.74) is 2.95. The Balaban J connectivity index is 2.47. The van der Waals surface area contributed by atoms with Crippen LogP contribution in [-0.2, 0) is 4.79 Å². The summed E-state index contributed by atoms with van der Waals surface area (Å²) in [6.45, 7) is 4.58. The average molecular weight is 269 g/mol. The number of carbonyl (C=O) groups excluding carboxylic acids is 1. The van der Waals surface area contributed by atoms with Crippen molar-refractivity contribution in [2.45, 2.75) is 13.8 Å². The molecule has 1 aliphatic rings. The predicted molar refractivity (Wildman–Crippen MR) is 65.2 cm³/mol. The summed E-state index contributed by atoms with van der Waals surface area (Å²) >= 11 is 3.44. The van der Waals surface area contributed by atoms with E-state index < -0.39 is 0 Å². The van der Waals surface area contributed by atoms with Crippen molar-refractivity contribution >= 4 is 33.2 Å². The fraction of sp³-hybridized carbons (Fsp3) is 0.364. The Kier molecular flexibility index (Phi) is 2.69. The van der Waals surface area contributed by atoms with E-state index in [1.54, 1.807) is 0 Å². The average Bonchev–Trinajstić information content (AvgIpc) is 2.30. The van der Waals surface area contributed by atoms with Gasteiger partial charge in [-0.3, -0.25) is 4.79 Å². The summed E-state index contributed by atoms with van der Waals surface area (Å²) in [5, 5.41) is 6.22. The number of amides is 1. The van der Waals surface area contributed by atoms with E-state index in [1.807, 2.05) is 26.0 Å². The Hall–Kier alpha value is -1.03. The molecule has 3 nitrogen and oxygen atoms in total. The second-order valence-electron chi connectivity index (χ2n) is 3.92. The number of rotatable bonds is 0. The van der Waals surface area contributed by atoms with Crippen LogP contribution in [0.3, 0.4) is 0 Å². The fourth-order valence-corrected chi connectivity index (χ4v) is 2.22. The minimum Gasteiger partial charge on any atom is -0.383 e. The molecule has 1 unspecified atom stereocenters. The number of hydrogen-bond donors (Lipinski definition) is 2. The highest BCUT2D eigenvalue weighted by molar-refractivity contribution is 9.10. The third-order valence-corrected chi connectivity index (χ3v) is 3.05. The Morgan fingerprint density at radius 3 is 2.93 bits per heavy atom. The van der Waals surface area contributed by atoms with Crippen LogP contribution in [0.4, 0.5) is 11.4 Å². The maximum Gasteiger partial charge on any atom is 0.229 e. The quantitative estimate of drug-likeness (QED) is 0.760. The first kappa shape index (κ1) is 10.5. The highest BCUT2D eigenvalue weighted by Crippen LogP contribution is 2.32. The molecule has 0 saturated heterocycles. The smallest absolute Gasteiger partial charge is 0.229 e. The molecule has 0 radical (unpaired) electrons. The van der Waals surface area contributed by atoms with Crippen molar-refractivity contribution in [3.05, 3.63) is 22.2 Å². The molecule has 2 N–H and O–H groups in total. The molecule has 1 aliphatic heterocycles. The Morgan fingerprint density at radius 2 is 2.20 bits per heavy atom. The van der Waals surface area contributed by atoms with Gasteiger partial charge in [-0.1, -0.05) is 22.9 Å². The zero-order chi connectivity index (χ0) is 11.0. The van der Waals surface area contributed by atoms with Gasteiger partial charge in [-0.25, -0.2) is 0 Å². The van der Waals surface area contributed by atoms with Gasteiger partial charge in [-0.2, -0.15) is 0 Å². The standard InChI is InChI=1S/C11H13BrN2O/c1-6-3-8(12)4-9-10(6)14-11(15)7(2)5-13-9/h3-4,7,13H,5H2,1-2H3,(H,14,15). The number of halogens is 1. The van der Waals surface area contributed by atoms with E-state index in [1.165, 1.54) is 0 Å². The first-order valence-electron chi connectivity index (χ1n) is 4.93. The molecule has 0 spiro atoms. The van der Waals surface area contributed by atoms with E-state index >= 15 is 0 Å². The molecule has 1 heterocycles. The van der Waals surface area contributed by atoms with E-state index in [4.69, 9.17) is 0 Å². The van der Waals surface area contributed by atoms with Crippen LogP contribution in [0.15, 0.2) is 16.6 Å². The molecule has 1 aromatic carbocycles. The molecule has 4 heteroatoms. The summed E-state index contributed by atoms with van der Waals surface area (Å²) in [5.74, 6) is 0.0715. The highest BCUT2D eigenvalue weighted by atomic mass is 79.9. The molecule has 2 rings (SSSR count). The molecule has 0 bridgehead atoms. The number of aryl methyl sites for hydroxylation is 1. The largest absolute Gasteiger partial charge is 0.383 e. The third-order valence-electron chi connectivity index (χ3n) is 2.59. The highest BCUT2D eigenvalue weighted by Gasteiger charge is 2.20. The minimum absolute atomic E-state index is 0.00410. The maximum absolute atomic E-state index is 11.7. The van der Waals surface area contributed by atoms with Gasteiger partial charge in [0.1, 0.15) is 0 Å². The van der Waals surface area contributed by atoms with Crippen molar-refractivity contribution in [1.29, 1.82) is 0 Å². The zero-order valence-electron chi connectivity index (χ0n) is 8.73. The van der Waals surface area contributed by atoms with Crippen LogP contribution < -0.4 is 10.6 Å². The summed E-state index contributed by atoms with van der Waals surface area (Å²) in [6, 6.07) is 3.98. The Bertz CT molecular complexity index is 417. The molecule has 15 heavy (non-hydrogen) atoms. The van der Waals surface area contributed by atoms with Crippen molar-refractivity contribution in [3.8, 4) is 0 Å². The van der Waals surface area contributed by atoms with Crippen molar-refractivity contribution in [1.82, 2.24) is 0 Å². The van der Waals surface area contributed by atoms with E-state index in [0.717, 1.165) is 21.4 Å². The number of benzene rings is 1. The van der Waals surface area contributed by atoms with Crippen LogP contribution in [0.25, 0.3) is 0 Å². The summed E-state index contributed by atoms with van der Waals surface area (Å²) in [4.78, 5) is 11.7. The van der Waals surface area contributed by atoms with E-state index in [9.17, 15) is 4.79 Å². The number of carbonyl (C=O) groups is 1. The second kappa shape index (κ2) is 3.85. The van der Waals surface area contributed by atoms with Gasteiger partial charge in [-0.05, 0) is 24.6 Å². The first-order chi connectivity index (χ1) is 7.08. The van der Waals surface area contributed by atoms with Gasteiger partial charge in [0.25, 0.3) is 0 Å². The molecule has 80 valence electrons. The van der Waals surface area contributed by atoms with E-state index in [-0.39, 0.29) is 11.8 Å². The van der Waals surface area contributed by atoms with Gasteiger partial charge < -0.3 is 10.6 Å². The molecule has 1 amide bonds. The molecular weight excluding hydrogens is 256 g/mol. The van der Waals surface area contributed by atoms with Crippen LogP contribution in [-0.4, -0.2) is 12.5 Å². The van der Waals surface area contributed by atoms with Crippen LogP contribution >= 0.6 is 15.9 Å². The van der Waals surface area contributed by atoms with Gasteiger partial charge in [0.05, 0.1) is 17.3 Å². The Labute approximate surface area is 97.4 Å².